The Morgan fingerprint density at radius 2 is 2.18 bits per heavy atom. The summed E-state index contributed by atoms with van der Waals surface area (Å²) in [5.74, 6) is -0.0769. The molecule has 4 heteroatoms. The molecule has 1 heterocycles. The molecule has 1 aliphatic rings. The summed E-state index contributed by atoms with van der Waals surface area (Å²) >= 11 is 0. The van der Waals surface area contributed by atoms with Gasteiger partial charge in [0.15, 0.2) is 0 Å². The molecule has 1 fully saturated rings. The van der Waals surface area contributed by atoms with Gasteiger partial charge >= 0.3 is 5.97 Å². The van der Waals surface area contributed by atoms with E-state index in [2.05, 4.69) is 31.0 Å². The maximum atomic E-state index is 11.4. The minimum Gasteiger partial charge on any atom is -0.480 e. The van der Waals surface area contributed by atoms with Crippen LogP contribution in [0.2, 0.25) is 0 Å². The highest BCUT2D eigenvalue weighted by Gasteiger charge is 2.38. The summed E-state index contributed by atoms with van der Waals surface area (Å²) in [6.07, 6.45) is 2.12. The van der Waals surface area contributed by atoms with Crippen molar-refractivity contribution in [1.29, 1.82) is 0 Å². The third-order valence-electron chi connectivity index (χ3n) is 3.67. The van der Waals surface area contributed by atoms with Crippen LogP contribution in [0.25, 0.3) is 0 Å². The van der Waals surface area contributed by atoms with Crippen molar-refractivity contribution in [3.8, 4) is 0 Å². The fraction of sp³-hybridized carbons (Fsp3) is 0.923. The zero-order valence-corrected chi connectivity index (χ0v) is 11.5. The largest absolute Gasteiger partial charge is 0.480 e. The monoisotopic (exact) mass is 242 g/mol. The first-order chi connectivity index (χ1) is 7.89. The van der Waals surface area contributed by atoms with Crippen LogP contribution in [0, 0.1) is 5.92 Å². The highest BCUT2D eigenvalue weighted by atomic mass is 16.4. The molecule has 100 valence electrons. The van der Waals surface area contributed by atoms with Crippen LogP contribution in [0.5, 0.6) is 0 Å². The Balaban J connectivity index is 2.63. The van der Waals surface area contributed by atoms with Crippen molar-refractivity contribution in [1.82, 2.24) is 10.2 Å². The van der Waals surface area contributed by atoms with Gasteiger partial charge in [-0.05, 0) is 39.2 Å². The SMILES string of the molecule is CCCNC(C)(CN1CC(C)CC1C)C(=O)O. The molecule has 0 aromatic rings. The average molecular weight is 242 g/mol. The van der Waals surface area contributed by atoms with Gasteiger partial charge in [-0.2, -0.15) is 0 Å². The second-order valence-electron chi connectivity index (χ2n) is 5.68. The Bertz CT molecular complexity index is 270. The molecular weight excluding hydrogens is 216 g/mol. The highest BCUT2D eigenvalue weighted by molar-refractivity contribution is 5.78. The van der Waals surface area contributed by atoms with Crippen LogP contribution in [-0.2, 0) is 4.79 Å². The Kier molecular flexibility index (Phi) is 4.95. The van der Waals surface area contributed by atoms with Gasteiger partial charge in [-0.15, -0.1) is 0 Å². The van der Waals surface area contributed by atoms with Gasteiger partial charge in [-0.3, -0.25) is 9.69 Å². The molecule has 2 N–H and O–H groups in total. The van der Waals surface area contributed by atoms with Crippen molar-refractivity contribution in [2.75, 3.05) is 19.6 Å². The molecule has 3 atom stereocenters. The van der Waals surface area contributed by atoms with Crippen LogP contribution in [-0.4, -0.2) is 47.2 Å². The van der Waals surface area contributed by atoms with Crippen LogP contribution in [0.3, 0.4) is 0 Å². The molecule has 0 aromatic carbocycles. The van der Waals surface area contributed by atoms with E-state index in [9.17, 15) is 9.90 Å². The molecular formula is C13H26N2O2. The van der Waals surface area contributed by atoms with Crippen LogP contribution >= 0.6 is 0 Å². The normalized spacial score (nSPS) is 29.2. The molecule has 3 unspecified atom stereocenters. The Morgan fingerprint density at radius 3 is 2.59 bits per heavy atom. The lowest BCUT2D eigenvalue weighted by molar-refractivity contribution is -0.145. The second kappa shape index (κ2) is 5.83. The summed E-state index contributed by atoms with van der Waals surface area (Å²) in [6.45, 7) is 10.6. The van der Waals surface area contributed by atoms with E-state index in [1.54, 1.807) is 6.92 Å². The number of carboxylic acid groups (broad SMARTS) is 1. The summed E-state index contributed by atoms with van der Waals surface area (Å²) in [6, 6.07) is 0.493. The Labute approximate surface area is 104 Å². The number of nitrogens with one attached hydrogen (secondary N) is 1. The van der Waals surface area contributed by atoms with E-state index in [0.29, 0.717) is 18.5 Å². The van der Waals surface area contributed by atoms with Gasteiger partial charge in [-0.1, -0.05) is 13.8 Å². The van der Waals surface area contributed by atoms with E-state index >= 15 is 0 Å². The molecule has 4 nitrogen and oxygen atoms in total. The quantitative estimate of drug-likeness (QED) is 0.742. The first-order valence-electron chi connectivity index (χ1n) is 6.61. The molecule has 1 aliphatic heterocycles. The molecule has 0 aromatic heterocycles. The van der Waals surface area contributed by atoms with E-state index in [4.69, 9.17) is 0 Å². The van der Waals surface area contributed by atoms with Gasteiger partial charge in [0.2, 0.25) is 0 Å². The van der Waals surface area contributed by atoms with Crippen molar-refractivity contribution in [2.24, 2.45) is 5.92 Å². The lowest BCUT2D eigenvalue weighted by Crippen LogP contribution is -2.57. The Morgan fingerprint density at radius 1 is 1.53 bits per heavy atom. The molecule has 0 saturated carbocycles. The summed E-state index contributed by atoms with van der Waals surface area (Å²) in [5, 5.41) is 12.5. The molecule has 0 bridgehead atoms. The summed E-state index contributed by atoms with van der Waals surface area (Å²) < 4.78 is 0. The van der Waals surface area contributed by atoms with Crippen LogP contribution in [0.1, 0.15) is 40.5 Å². The molecule has 0 spiro atoms. The summed E-state index contributed by atoms with van der Waals surface area (Å²) in [5.41, 5.74) is -0.825. The molecule has 17 heavy (non-hydrogen) atoms. The molecule has 0 aliphatic carbocycles. The zero-order chi connectivity index (χ0) is 13.1. The van der Waals surface area contributed by atoms with Crippen molar-refractivity contribution in [2.45, 2.75) is 52.1 Å². The highest BCUT2D eigenvalue weighted by Crippen LogP contribution is 2.24. The smallest absolute Gasteiger partial charge is 0.324 e. The maximum absolute atomic E-state index is 11.4. The molecule has 0 amide bonds. The van der Waals surface area contributed by atoms with Crippen LogP contribution in [0.15, 0.2) is 0 Å². The fourth-order valence-electron chi connectivity index (χ4n) is 2.61. The molecule has 1 rings (SSSR count). The lowest BCUT2D eigenvalue weighted by Gasteiger charge is -2.33. The number of hydrogen-bond donors (Lipinski definition) is 2. The van der Waals surface area contributed by atoms with Crippen molar-refractivity contribution in [3.05, 3.63) is 0 Å². The van der Waals surface area contributed by atoms with Crippen molar-refractivity contribution < 1.29 is 9.90 Å². The third-order valence-corrected chi connectivity index (χ3v) is 3.67. The number of rotatable bonds is 6. The minimum absolute atomic E-state index is 0.493. The summed E-state index contributed by atoms with van der Waals surface area (Å²) in [4.78, 5) is 13.7. The third kappa shape index (κ3) is 3.68. The number of aliphatic carboxylic acids is 1. The number of carboxylic acids is 1. The summed E-state index contributed by atoms with van der Waals surface area (Å²) in [7, 11) is 0. The predicted molar refractivity (Wildman–Crippen MR) is 69.2 cm³/mol. The van der Waals surface area contributed by atoms with Crippen LogP contribution < -0.4 is 5.32 Å². The van der Waals surface area contributed by atoms with Gasteiger partial charge in [0.25, 0.3) is 0 Å². The Hall–Kier alpha value is -0.610. The first-order valence-corrected chi connectivity index (χ1v) is 6.61. The topological polar surface area (TPSA) is 52.6 Å². The maximum Gasteiger partial charge on any atom is 0.324 e. The predicted octanol–water partition coefficient (Wildman–Crippen LogP) is 1.56. The van der Waals surface area contributed by atoms with Gasteiger partial charge in [0.1, 0.15) is 5.54 Å². The number of hydrogen-bond acceptors (Lipinski definition) is 3. The molecule has 1 saturated heterocycles. The second-order valence-corrected chi connectivity index (χ2v) is 5.68. The lowest BCUT2D eigenvalue weighted by atomic mass is 10.0. The number of nitrogens with zero attached hydrogens (tertiary/aromatic N) is 1. The fourth-order valence-corrected chi connectivity index (χ4v) is 2.61. The van der Waals surface area contributed by atoms with Crippen molar-refractivity contribution >= 4 is 5.97 Å². The van der Waals surface area contributed by atoms with E-state index in [0.717, 1.165) is 19.5 Å². The first kappa shape index (κ1) is 14.5. The van der Waals surface area contributed by atoms with Crippen molar-refractivity contribution in [3.63, 3.8) is 0 Å². The molecule has 0 radical (unpaired) electrons. The van der Waals surface area contributed by atoms with E-state index in [-0.39, 0.29) is 0 Å². The van der Waals surface area contributed by atoms with Gasteiger partial charge < -0.3 is 10.4 Å². The standard InChI is InChI=1S/C13H26N2O2/c1-5-6-14-13(4,12(16)17)9-15-8-10(2)7-11(15)3/h10-11,14H,5-9H2,1-4H3,(H,16,17). The number of likely N-dealkylation sites (tertiary alicyclic amines) is 1. The van der Waals surface area contributed by atoms with E-state index in [1.165, 1.54) is 6.42 Å². The minimum atomic E-state index is -0.825. The van der Waals surface area contributed by atoms with Gasteiger partial charge in [-0.25, -0.2) is 0 Å². The van der Waals surface area contributed by atoms with E-state index < -0.39 is 11.5 Å². The average Bonchev–Trinajstić information content (AvgIpc) is 2.54. The zero-order valence-electron chi connectivity index (χ0n) is 11.5. The van der Waals surface area contributed by atoms with E-state index in [1.807, 2.05) is 0 Å². The van der Waals surface area contributed by atoms with Crippen LogP contribution in [0.4, 0.5) is 0 Å². The van der Waals surface area contributed by atoms with Gasteiger partial charge in [0.05, 0.1) is 0 Å². The van der Waals surface area contributed by atoms with Gasteiger partial charge in [0, 0.05) is 19.1 Å². The number of carbonyl (C=O) groups is 1.